The van der Waals surface area contributed by atoms with Gasteiger partial charge in [-0.25, -0.2) is 0 Å². The SMILES string of the molecule is Cc1cc(=O)n(C(=O)CN2CC(C)NC(C)C2)o1. The van der Waals surface area contributed by atoms with Crippen LogP contribution in [0, 0.1) is 6.92 Å². The van der Waals surface area contributed by atoms with E-state index in [9.17, 15) is 9.59 Å². The van der Waals surface area contributed by atoms with Crippen molar-refractivity contribution in [2.45, 2.75) is 32.9 Å². The second-order valence-corrected chi connectivity index (χ2v) is 5.04. The molecule has 0 amide bonds. The molecule has 0 aliphatic carbocycles. The van der Waals surface area contributed by atoms with Gasteiger partial charge in [0.2, 0.25) is 0 Å². The Bertz CT molecular complexity index is 481. The Morgan fingerprint density at radius 3 is 2.56 bits per heavy atom. The number of aryl methyl sites for hydroxylation is 1. The van der Waals surface area contributed by atoms with Crippen LogP contribution in [0.2, 0.25) is 0 Å². The van der Waals surface area contributed by atoms with Gasteiger partial charge in [0.15, 0.2) is 0 Å². The highest BCUT2D eigenvalue weighted by Crippen LogP contribution is 2.04. The lowest BCUT2D eigenvalue weighted by molar-refractivity contribution is 0.0676. The molecule has 6 heteroatoms. The van der Waals surface area contributed by atoms with Crippen molar-refractivity contribution in [2.75, 3.05) is 19.6 Å². The molecular formula is C12H19N3O3. The highest BCUT2D eigenvalue weighted by Gasteiger charge is 2.24. The Morgan fingerprint density at radius 2 is 2.06 bits per heavy atom. The van der Waals surface area contributed by atoms with Crippen molar-refractivity contribution in [3.63, 3.8) is 0 Å². The molecule has 1 aliphatic rings. The molecule has 2 rings (SSSR count). The predicted molar refractivity (Wildman–Crippen MR) is 66.8 cm³/mol. The van der Waals surface area contributed by atoms with E-state index in [-0.39, 0.29) is 12.5 Å². The van der Waals surface area contributed by atoms with Gasteiger partial charge in [0.1, 0.15) is 5.76 Å². The number of carbonyl (C=O) groups is 1. The van der Waals surface area contributed by atoms with Crippen molar-refractivity contribution in [2.24, 2.45) is 0 Å². The van der Waals surface area contributed by atoms with Crippen molar-refractivity contribution in [1.82, 2.24) is 15.0 Å². The molecule has 0 spiro atoms. The number of hydrogen-bond acceptors (Lipinski definition) is 5. The van der Waals surface area contributed by atoms with Crippen LogP contribution in [-0.2, 0) is 0 Å². The van der Waals surface area contributed by atoms with E-state index < -0.39 is 5.56 Å². The zero-order chi connectivity index (χ0) is 13.3. The van der Waals surface area contributed by atoms with Gasteiger partial charge < -0.3 is 9.84 Å². The van der Waals surface area contributed by atoms with Crippen LogP contribution in [0.4, 0.5) is 0 Å². The molecular weight excluding hydrogens is 234 g/mol. The van der Waals surface area contributed by atoms with Gasteiger partial charge in [-0.2, -0.15) is 0 Å². The quantitative estimate of drug-likeness (QED) is 0.808. The van der Waals surface area contributed by atoms with Gasteiger partial charge >= 0.3 is 0 Å². The number of hydrogen-bond donors (Lipinski definition) is 1. The van der Waals surface area contributed by atoms with Crippen molar-refractivity contribution >= 4 is 5.91 Å². The average molecular weight is 253 g/mol. The van der Waals surface area contributed by atoms with E-state index in [0.717, 1.165) is 17.8 Å². The summed E-state index contributed by atoms with van der Waals surface area (Å²) in [7, 11) is 0. The molecule has 1 aromatic heterocycles. The van der Waals surface area contributed by atoms with E-state index in [2.05, 4.69) is 19.2 Å². The number of rotatable bonds is 2. The molecule has 1 saturated heterocycles. The number of nitrogens with zero attached hydrogens (tertiary/aromatic N) is 2. The molecule has 100 valence electrons. The second-order valence-electron chi connectivity index (χ2n) is 5.04. The Morgan fingerprint density at radius 1 is 1.44 bits per heavy atom. The first-order chi connectivity index (χ1) is 8.45. The summed E-state index contributed by atoms with van der Waals surface area (Å²) >= 11 is 0. The highest BCUT2D eigenvalue weighted by atomic mass is 16.5. The summed E-state index contributed by atoms with van der Waals surface area (Å²) in [5.41, 5.74) is -0.395. The van der Waals surface area contributed by atoms with Crippen LogP contribution in [0.15, 0.2) is 15.4 Å². The molecule has 2 atom stereocenters. The summed E-state index contributed by atoms with van der Waals surface area (Å²) in [6, 6.07) is 2.01. The molecule has 0 bridgehead atoms. The Balaban J connectivity index is 2.03. The molecule has 2 heterocycles. The average Bonchev–Trinajstić information content (AvgIpc) is 2.56. The number of carbonyl (C=O) groups excluding carboxylic acids is 1. The summed E-state index contributed by atoms with van der Waals surface area (Å²) < 4.78 is 5.92. The highest BCUT2D eigenvalue weighted by molar-refractivity contribution is 5.79. The minimum absolute atomic E-state index is 0.212. The van der Waals surface area contributed by atoms with Gasteiger partial charge in [-0.15, -0.1) is 4.74 Å². The maximum absolute atomic E-state index is 12.0. The van der Waals surface area contributed by atoms with E-state index >= 15 is 0 Å². The minimum atomic E-state index is -0.395. The van der Waals surface area contributed by atoms with Crippen LogP contribution in [0.5, 0.6) is 0 Å². The van der Waals surface area contributed by atoms with Gasteiger partial charge in [0, 0.05) is 31.2 Å². The van der Waals surface area contributed by atoms with Crippen molar-refractivity contribution in [1.29, 1.82) is 0 Å². The Labute approximate surface area is 106 Å². The Hall–Kier alpha value is -1.40. The third-order valence-corrected chi connectivity index (χ3v) is 2.98. The topological polar surface area (TPSA) is 67.5 Å². The number of nitrogens with one attached hydrogen (secondary N) is 1. The van der Waals surface area contributed by atoms with Crippen LogP contribution >= 0.6 is 0 Å². The summed E-state index contributed by atoms with van der Waals surface area (Å²) in [4.78, 5) is 25.5. The molecule has 0 radical (unpaired) electrons. The lowest BCUT2D eigenvalue weighted by Gasteiger charge is -2.35. The fourth-order valence-corrected chi connectivity index (χ4v) is 2.45. The van der Waals surface area contributed by atoms with Crippen LogP contribution < -0.4 is 10.9 Å². The van der Waals surface area contributed by atoms with Crippen molar-refractivity contribution in [3.8, 4) is 0 Å². The number of piperazine rings is 1. The zero-order valence-electron chi connectivity index (χ0n) is 11.0. The van der Waals surface area contributed by atoms with E-state index in [1.807, 2.05) is 4.90 Å². The molecule has 18 heavy (non-hydrogen) atoms. The summed E-state index contributed by atoms with van der Waals surface area (Å²) in [6.45, 7) is 7.62. The van der Waals surface area contributed by atoms with E-state index in [1.54, 1.807) is 6.92 Å². The largest absolute Gasteiger partial charge is 0.373 e. The summed E-state index contributed by atoms with van der Waals surface area (Å²) in [5, 5.41) is 3.39. The minimum Gasteiger partial charge on any atom is -0.373 e. The first-order valence-corrected chi connectivity index (χ1v) is 6.17. The molecule has 6 nitrogen and oxygen atoms in total. The summed E-state index contributed by atoms with van der Waals surface area (Å²) in [6.07, 6.45) is 0. The second kappa shape index (κ2) is 5.07. The molecule has 2 unspecified atom stereocenters. The molecule has 1 N–H and O–H groups in total. The van der Waals surface area contributed by atoms with Crippen molar-refractivity contribution in [3.05, 3.63) is 22.2 Å². The van der Waals surface area contributed by atoms with Crippen LogP contribution in [0.25, 0.3) is 0 Å². The molecule has 1 fully saturated rings. The smallest absolute Gasteiger partial charge is 0.290 e. The molecule has 0 saturated carbocycles. The number of aromatic nitrogens is 1. The molecule has 1 aliphatic heterocycles. The van der Waals surface area contributed by atoms with Crippen LogP contribution in [-0.4, -0.2) is 47.3 Å². The predicted octanol–water partition coefficient (Wildman–Crippen LogP) is 0.0721. The summed E-state index contributed by atoms with van der Waals surface area (Å²) in [5.74, 6) is 0.143. The lowest BCUT2D eigenvalue weighted by Crippen LogP contribution is -2.55. The van der Waals surface area contributed by atoms with Crippen molar-refractivity contribution < 1.29 is 9.32 Å². The molecule has 0 aromatic carbocycles. The zero-order valence-corrected chi connectivity index (χ0v) is 11.0. The van der Waals surface area contributed by atoms with E-state index in [4.69, 9.17) is 4.52 Å². The standard InChI is InChI=1S/C12H19N3O3/c1-8-5-14(6-9(2)13-8)7-12(17)15-11(16)4-10(3)18-15/h4,8-9,13H,5-7H2,1-3H3. The monoisotopic (exact) mass is 253 g/mol. The van der Waals surface area contributed by atoms with Gasteiger partial charge in [0.05, 0.1) is 6.54 Å². The maximum atomic E-state index is 12.0. The van der Waals surface area contributed by atoms with Gasteiger partial charge in [-0.05, 0) is 20.8 Å². The molecule has 1 aromatic rings. The Kier molecular flexibility index (Phi) is 3.68. The van der Waals surface area contributed by atoms with Gasteiger partial charge in [-0.1, -0.05) is 0 Å². The van der Waals surface area contributed by atoms with Crippen LogP contribution in [0.1, 0.15) is 24.4 Å². The fourth-order valence-electron chi connectivity index (χ4n) is 2.45. The lowest BCUT2D eigenvalue weighted by atomic mass is 10.1. The normalized spacial score (nSPS) is 25.3. The maximum Gasteiger partial charge on any atom is 0.290 e. The fraction of sp³-hybridized carbons (Fsp3) is 0.667. The first-order valence-electron chi connectivity index (χ1n) is 6.17. The van der Waals surface area contributed by atoms with Crippen LogP contribution in [0.3, 0.4) is 0 Å². The first kappa shape index (κ1) is 13.0. The van der Waals surface area contributed by atoms with Gasteiger partial charge in [-0.3, -0.25) is 14.5 Å². The van der Waals surface area contributed by atoms with E-state index in [1.165, 1.54) is 6.07 Å². The van der Waals surface area contributed by atoms with E-state index in [0.29, 0.717) is 17.8 Å². The third-order valence-electron chi connectivity index (χ3n) is 2.98. The van der Waals surface area contributed by atoms with Gasteiger partial charge in [0.25, 0.3) is 11.5 Å². The third kappa shape index (κ3) is 2.88.